The molecule has 0 aliphatic carbocycles. The molecule has 174 valence electrons. The Balaban J connectivity index is 1.15. The van der Waals surface area contributed by atoms with Gasteiger partial charge in [-0.1, -0.05) is 48.9 Å². The monoisotopic (exact) mass is 463 g/mol. The SMILES string of the molecule is O=C(CCCCCn1c(=S)[nH]c2ccccc2c1=O)N1CCC(CCc2ccccc2)CC1. The molecule has 1 saturated heterocycles. The van der Waals surface area contributed by atoms with Crippen molar-refractivity contribution in [2.24, 2.45) is 5.92 Å². The Labute approximate surface area is 200 Å². The highest BCUT2D eigenvalue weighted by atomic mass is 32.1. The van der Waals surface area contributed by atoms with Gasteiger partial charge in [-0.05, 0) is 74.4 Å². The molecular weight excluding hydrogens is 430 g/mol. The van der Waals surface area contributed by atoms with Gasteiger partial charge in [0.05, 0.1) is 10.9 Å². The molecule has 4 rings (SSSR count). The summed E-state index contributed by atoms with van der Waals surface area (Å²) in [5.74, 6) is 0.996. The number of rotatable bonds is 9. The van der Waals surface area contributed by atoms with Crippen LogP contribution in [0.5, 0.6) is 0 Å². The number of H-pyrrole nitrogens is 1. The number of hydrogen-bond acceptors (Lipinski definition) is 3. The van der Waals surface area contributed by atoms with Gasteiger partial charge in [-0.15, -0.1) is 0 Å². The quantitative estimate of drug-likeness (QED) is 0.337. The zero-order valence-corrected chi connectivity index (χ0v) is 20.0. The predicted octanol–water partition coefficient (Wildman–Crippen LogP) is 5.49. The molecule has 0 spiro atoms. The summed E-state index contributed by atoms with van der Waals surface area (Å²) in [4.78, 5) is 30.5. The van der Waals surface area contributed by atoms with E-state index in [9.17, 15) is 9.59 Å². The lowest BCUT2D eigenvalue weighted by atomic mass is 9.90. The van der Waals surface area contributed by atoms with Crippen molar-refractivity contribution in [3.63, 3.8) is 0 Å². The summed E-state index contributed by atoms with van der Waals surface area (Å²) < 4.78 is 2.10. The maximum absolute atomic E-state index is 12.7. The third kappa shape index (κ3) is 6.20. The van der Waals surface area contributed by atoms with Gasteiger partial charge in [0.25, 0.3) is 5.56 Å². The predicted molar refractivity (Wildman–Crippen MR) is 136 cm³/mol. The number of hydrogen-bond donors (Lipinski definition) is 1. The molecule has 1 N–H and O–H groups in total. The second-order valence-corrected chi connectivity index (χ2v) is 9.48. The number of nitrogens with zero attached hydrogens (tertiary/aromatic N) is 2. The highest BCUT2D eigenvalue weighted by Gasteiger charge is 2.22. The Morgan fingerprint density at radius 3 is 2.48 bits per heavy atom. The molecule has 2 heterocycles. The Morgan fingerprint density at radius 1 is 0.970 bits per heavy atom. The van der Waals surface area contributed by atoms with Gasteiger partial charge >= 0.3 is 0 Å². The molecule has 1 amide bonds. The lowest BCUT2D eigenvalue weighted by Crippen LogP contribution is -2.38. The van der Waals surface area contributed by atoms with Crippen LogP contribution in [-0.2, 0) is 17.8 Å². The van der Waals surface area contributed by atoms with Gasteiger partial charge in [0.2, 0.25) is 5.91 Å². The first-order valence-electron chi connectivity index (χ1n) is 12.2. The minimum absolute atomic E-state index is 0.0411. The van der Waals surface area contributed by atoms with Crippen LogP contribution in [0.3, 0.4) is 0 Å². The normalized spacial score (nSPS) is 14.6. The molecule has 5 nitrogen and oxygen atoms in total. The fourth-order valence-electron chi connectivity index (χ4n) is 4.77. The van der Waals surface area contributed by atoms with Crippen molar-refractivity contribution in [1.29, 1.82) is 0 Å². The van der Waals surface area contributed by atoms with Gasteiger partial charge in [-0.2, -0.15) is 0 Å². The summed E-state index contributed by atoms with van der Waals surface area (Å²) in [6.45, 7) is 2.36. The number of benzene rings is 2. The van der Waals surface area contributed by atoms with Crippen LogP contribution >= 0.6 is 12.2 Å². The summed E-state index contributed by atoms with van der Waals surface area (Å²) in [6.07, 6.45) is 7.76. The largest absolute Gasteiger partial charge is 0.343 e. The molecule has 0 atom stereocenters. The highest BCUT2D eigenvalue weighted by molar-refractivity contribution is 7.71. The summed E-state index contributed by atoms with van der Waals surface area (Å²) in [5, 5.41) is 0.661. The first kappa shape index (κ1) is 23.4. The van der Waals surface area contributed by atoms with Crippen LogP contribution in [0.4, 0.5) is 0 Å². The lowest BCUT2D eigenvalue weighted by Gasteiger charge is -2.32. The molecule has 2 aromatic carbocycles. The molecule has 1 aliphatic heterocycles. The Kier molecular flexibility index (Phi) is 8.10. The number of nitrogens with one attached hydrogen (secondary N) is 1. The number of aryl methyl sites for hydroxylation is 1. The highest BCUT2D eigenvalue weighted by Crippen LogP contribution is 2.23. The van der Waals surface area contributed by atoms with E-state index in [1.165, 1.54) is 12.0 Å². The van der Waals surface area contributed by atoms with E-state index in [4.69, 9.17) is 12.2 Å². The third-order valence-corrected chi connectivity index (χ3v) is 7.14. The molecule has 1 aromatic heterocycles. The Bertz CT molecular complexity index is 1180. The van der Waals surface area contributed by atoms with Crippen molar-refractivity contribution in [2.45, 2.75) is 57.9 Å². The van der Waals surface area contributed by atoms with Gasteiger partial charge in [-0.3, -0.25) is 14.2 Å². The van der Waals surface area contributed by atoms with E-state index in [1.807, 2.05) is 29.2 Å². The van der Waals surface area contributed by atoms with Crippen molar-refractivity contribution in [2.75, 3.05) is 13.1 Å². The smallest absolute Gasteiger partial charge is 0.262 e. The molecule has 1 fully saturated rings. The van der Waals surface area contributed by atoms with Crippen molar-refractivity contribution >= 4 is 29.0 Å². The minimum Gasteiger partial charge on any atom is -0.343 e. The van der Waals surface area contributed by atoms with Crippen LogP contribution in [0.2, 0.25) is 0 Å². The number of para-hydroxylation sites is 1. The summed E-state index contributed by atoms with van der Waals surface area (Å²) >= 11 is 5.37. The lowest BCUT2D eigenvalue weighted by molar-refractivity contribution is -0.132. The fourth-order valence-corrected chi connectivity index (χ4v) is 5.05. The number of amides is 1. The third-order valence-electron chi connectivity index (χ3n) is 6.81. The first-order chi connectivity index (χ1) is 16.1. The number of piperidine rings is 1. The van der Waals surface area contributed by atoms with Crippen LogP contribution in [0.25, 0.3) is 10.9 Å². The number of unbranched alkanes of at least 4 members (excludes halogenated alkanes) is 2. The van der Waals surface area contributed by atoms with Crippen LogP contribution in [0.1, 0.15) is 50.5 Å². The maximum Gasteiger partial charge on any atom is 0.262 e. The minimum atomic E-state index is -0.0411. The fraction of sp³-hybridized carbons (Fsp3) is 0.444. The van der Waals surface area contributed by atoms with Gasteiger partial charge < -0.3 is 9.88 Å². The van der Waals surface area contributed by atoms with Crippen LogP contribution in [0, 0.1) is 10.7 Å². The molecule has 33 heavy (non-hydrogen) atoms. The standard InChI is InChI=1S/C27H33N3O2S/c31-25(29-19-16-22(17-20-29)15-14-21-9-3-1-4-10-21)13-5-2-8-18-30-26(32)23-11-6-7-12-24(23)28-27(30)33/h1,3-4,6-7,9-12,22H,2,5,8,13-20H2,(H,28,33). The van der Waals surface area contributed by atoms with Gasteiger partial charge in [0, 0.05) is 26.1 Å². The van der Waals surface area contributed by atoms with E-state index in [1.54, 1.807) is 4.57 Å². The number of aromatic amines is 1. The number of fused-ring (bicyclic) bond motifs is 1. The van der Waals surface area contributed by atoms with E-state index < -0.39 is 0 Å². The molecule has 6 heteroatoms. The number of likely N-dealkylation sites (tertiary alicyclic amines) is 1. The van der Waals surface area contributed by atoms with Gasteiger partial charge in [0.1, 0.15) is 0 Å². The Morgan fingerprint density at radius 2 is 1.70 bits per heavy atom. The van der Waals surface area contributed by atoms with Crippen LogP contribution < -0.4 is 5.56 Å². The Hall–Kier alpha value is -2.73. The molecule has 0 radical (unpaired) electrons. The molecular formula is C27H33N3O2S. The van der Waals surface area contributed by atoms with Gasteiger partial charge in [-0.25, -0.2) is 0 Å². The van der Waals surface area contributed by atoms with Crippen molar-refractivity contribution in [3.05, 3.63) is 75.3 Å². The van der Waals surface area contributed by atoms with Crippen molar-refractivity contribution in [1.82, 2.24) is 14.5 Å². The van der Waals surface area contributed by atoms with E-state index in [0.29, 0.717) is 23.1 Å². The maximum atomic E-state index is 12.7. The van der Waals surface area contributed by atoms with Gasteiger partial charge in [0.15, 0.2) is 4.77 Å². The van der Waals surface area contributed by atoms with Crippen LogP contribution in [0.15, 0.2) is 59.4 Å². The second-order valence-electron chi connectivity index (χ2n) is 9.09. The number of carbonyl (C=O) groups is 1. The molecule has 0 saturated carbocycles. The number of aromatic nitrogens is 2. The number of carbonyl (C=O) groups excluding carboxylic acids is 1. The summed E-state index contributed by atoms with van der Waals surface area (Å²) in [5.41, 5.74) is 2.14. The topological polar surface area (TPSA) is 58.1 Å². The summed E-state index contributed by atoms with van der Waals surface area (Å²) in [7, 11) is 0. The summed E-state index contributed by atoms with van der Waals surface area (Å²) in [6, 6.07) is 18.1. The van der Waals surface area contributed by atoms with E-state index in [2.05, 4.69) is 35.3 Å². The molecule has 1 aliphatic rings. The van der Waals surface area contributed by atoms with E-state index >= 15 is 0 Å². The zero-order valence-electron chi connectivity index (χ0n) is 19.2. The molecule has 3 aromatic rings. The molecule has 0 bridgehead atoms. The average Bonchev–Trinajstić information content (AvgIpc) is 2.85. The second kappa shape index (κ2) is 11.4. The average molecular weight is 464 g/mol. The van der Waals surface area contributed by atoms with E-state index in [-0.39, 0.29) is 11.5 Å². The molecule has 0 unspecified atom stereocenters. The zero-order chi connectivity index (χ0) is 23.0. The first-order valence-corrected chi connectivity index (χ1v) is 12.6. The van der Waals surface area contributed by atoms with Crippen LogP contribution in [-0.4, -0.2) is 33.4 Å². The van der Waals surface area contributed by atoms with E-state index in [0.717, 1.165) is 63.0 Å². The van der Waals surface area contributed by atoms with Crippen molar-refractivity contribution in [3.8, 4) is 0 Å². The van der Waals surface area contributed by atoms with Crippen molar-refractivity contribution < 1.29 is 4.79 Å².